The van der Waals surface area contributed by atoms with Crippen LogP contribution in [0.1, 0.15) is 21.8 Å². The number of hydrogen-bond acceptors (Lipinski definition) is 5. The van der Waals surface area contributed by atoms with E-state index in [-0.39, 0.29) is 36.9 Å². The van der Waals surface area contributed by atoms with Gasteiger partial charge in [-0.05, 0) is 18.2 Å². The van der Waals surface area contributed by atoms with E-state index < -0.39 is 17.3 Å². The van der Waals surface area contributed by atoms with E-state index in [1.165, 1.54) is 24.1 Å². The van der Waals surface area contributed by atoms with Crippen LogP contribution in [-0.2, 0) is 4.79 Å². The van der Waals surface area contributed by atoms with Gasteiger partial charge in [0.2, 0.25) is 0 Å². The minimum Gasteiger partial charge on any atom is -0.507 e. The molecule has 2 aliphatic rings. The molecule has 2 aromatic rings. The second-order valence-electron chi connectivity index (χ2n) is 6.91. The first-order valence-electron chi connectivity index (χ1n) is 8.57. The van der Waals surface area contributed by atoms with E-state index in [1.807, 2.05) is 18.2 Å². The number of hydrogen-bond donors (Lipinski definition) is 2. The summed E-state index contributed by atoms with van der Waals surface area (Å²) in [6, 6.07) is 11.7. The minimum absolute atomic E-state index is 0.00237. The van der Waals surface area contributed by atoms with E-state index in [0.29, 0.717) is 11.5 Å². The lowest BCUT2D eigenvalue weighted by atomic mass is 9.73. The lowest BCUT2D eigenvalue weighted by Gasteiger charge is -2.35. The molecule has 1 amide bonds. The Morgan fingerprint density at radius 3 is 2.74 bits per heavy atom. The van der Waals surface area contributed by atoms with Gasteiger partial charge in [0.25, 0.3) is 5.91 Å². The molecule has 2 aliphatic heterocycles. The van der Waals surface area contributed by atoms with Crippen molar-refractivity contribution in [2.75, 3.05) is 26.8 Å². The number of benzene rings is 2. The molecule has 7 heteroatoms. The van der Waals surface area contributed by atoms with Crippen molar-refractivity contribution in [2.45, 2.75) is 5.92 Å². The Morgan fingerprint density at radius 1 is 1.26 bits per heavy atom. The molecule has 0 aliphatic carbocycles. The first-order valence-corrected chi connectivity index (χ1v) is 8.57. The monoisotopic (exact) mass is 369 g/mol. The lowest BCUT2D eigenvalue weighted by Crippen LogP contribution is -2.46. The summed E-state index contributed by atoms with van der Waals surface area (Å²) in [6.07, 6.45) is 0. The number of carboxylic acid groups (broad SMARTS) is 1. The molecule has 4 rings (SSSR count). The quantitative estimate of drug-likeness (QED) is 0.860. The minimum atomic E-state index is -1.20. The molecule has 0 aromatic heterocycles. The fraction of sp³-hybridized carbons (Fsp3) is 0.300. The highest BCUT2D eigenvalue weighted by atomic mass is 16.5. The number of nitrogens with zero attached hydrogens (tertiary/aromatic N) is 1. The smallest absolute Gasteiger partial charge is 0.315 e. The number of para-hydroxylation sites is 1. The molecule has 27 heavy (non-hydrogen) atoms. The number of fused-ring (bicyclic) bond motifs is 3. The van der Waals surface area contributed by atoms with Crippen LogP contribution in [0.3, 0.4) is 0 Å². The van der Waals surface area contributed by atoms with Gasteiger partial charge in [0.05, 0.1) is 12.7 Å². The van der Waals surface area contributed by atoms with Crippen LogP contribution in [0.2, 0.25) is 0 Å². The number of carboxylic acids is 1. The van der Waals surface area contributed by atoms with Crippen LogP contribution >= 0.6 is 0 Å². The predicted molar refractivity (Wildman–Crippen MR) is 95.3 cm³/mol. The van der Waals surface area contributed by atoms with E-state index in [2.05, 4.69) is 0 Å². The SMILES string of the molecule is COc1ccc(C(=O)N2CC3c4ccccc4OC[C@]3(C(=O)O)C2)c(O)c1. The van der Waals surface area contributed by atoms with Gasteiger partial charge in [0, 0.05) is 30.6 Å². The van der Waals surface area contributed by atoms with E-state index in [0.717, 1.165) is 5.56 Å². The molecule has 2 N–H and O–H groups in total. The van der Waals surface area contributed by atoms with Gasteiger partial charge in [-0.15, -0.1) is 0 Å². The number of methoxy groups -OCH3 is 1. The average Bonchev–Trinajstić information content (AvgIpc) is 3.09. The summed E-state index contributed by atoms with van der Waals surface area (Å²) < 4.78 is 10.7. The first kappa shape index (κ1) is 17.2. The summed E-state index contributed by atoms with van der Waals surface area (Å²) in [7, 11) is 1.47. The molecule has 140 valence electrons. The van der Waals surface area contributed by atoms with E-state index >= 15 is 0 Å². The maximum atomic E-state index is 13.0. The standard InChI is InChI=1S/C20H19NO6/c1-26-12-6-7-14(16(22)8-12)18(23)21-9-15-13-4-2-3-5-17(13)27-11-20(15,10-21)19(24)25/h2-8,15,22H,9-11H2,1H3,(H,24,25)/t15?,20-/m1/s1. The van der Waals surface area contributed by atoms with Crippen molar-refractivity contribution in [3.8, 4) is 17.2 Å². The van der Waals surface area contributed by atoms with Crippen LogP contribution in [0.25, 0.3) is 0 Å². The van der Waals surface area contributed by atoms with Crippen LogP contribution in [0, 0.1) is 5.41 Å². The Hall–Kier alpha value is -3.22. The van der Waals surface area contributed by atoms with Crippen molar-refractivity contribution in [1.29, 1.82) is 0 Å². The Bertz CT molecular complexity index is 926. The third-order valence-electron chi connectivity index (χ3n) is 5.47. The number of phenols is 1. The lowest BCUT2D eigenvalue weighted by molar-refractivity contribution is -0.151. The number of rotatable bonds is 3. The average molecular weight is 369 g/mol. The van der Waals surface area contributed by atoms with Crippen LogP contribution in [-0.4, -0.2) is 53.8 Å². The molecule has 1 unspecified atom stereocenters. The predicted octanol–water partition coefficient (Wildman–Crippen LogP) is 2.10. The molecule has 0 radical (unpaired) electrons. The van der Waals surface area contributed by atoms with Gasteiger partial charge >= 0.3 is 5.97 Å². The molecule has 7 nitrogen and oxygen atoms in total. The van der Waals surface area contributed by atoms with Gasteiger partial charge < -0.3 is 24.6 Å². The highest BCUT2D eigenvalue weighted by Crippen LogP contribution is 2.50. The van der Waals surface area contributed by atoms with Crippen molar-refractivity contribution >= 4 is 11.9 Å². The van der Waals surface area contributed by atoms with Gasteiger partial charge in [-0.25, -0.2) is 0 Å². The molecule has 0 saturated carbocycles. The number of ether oxygens (including phenoxy) is 2. The summed E-state index contributed by atoms with van der Waals surface area (Å²) in [4.78, 5) is 26.6. The van der Waals surface area contributed by atoms with Crippen molar-refractivity contribution in [3.63, 3.8) is 0 Å². The van der Waals surface area contributed by atoms with Crippen molar-refractivity contribution < 1.29 is 29.3 Å². The fourth-order valence-corrected chi connectivity index (χ4v) is 3.98. The number of phenolic OH excluding ortho intramolecular Hbond substituents is 1. The van der Waals surface area contributed by atoms with Gasteiger partial charge in [-0.1, -0.05) is 18.2 Å². The van der Waals surface area contributed by atoms with Crippen LogP contribution in [0.15, 0.2) is 42.5 Å². The normalized spacial score (nSPS) is 23.1. The Balaban J connectivity index is 1.69. The van der Waals surface area contributed by atoms with Crippen LogP contribution in [0.5, 0.6) is 17.2 Å². The fourth-order valence-electron chi connectivity index (χ4n) is 3.98. The number of carbonyl (C=O) groups excluding carboxylic acids is 1. The molecule has 0 bridgehead atoms. The molecule has 1 saturated heterocycles. The Kier molecular flexibility index (Phi) is 3.95. The van der Waals surface area contributed by atoms with Crippen LogP contribution < -0.4 is 9.47 Å². The molecule has 2 atom stereocenters. The highest BCUT2D eigenvalue weighted by Gasteiger charge is 2.57. The van der Waals surface area contributed by atoms with Crippen LogP contribution in [0.4, 0.5) is 0 Å². The third kappa shape index (κ3) is 2.58. The number of likely N-dealkylation sites (tertiary alicyclic amines) is 1. The zero-order valence-electron chi connectivity index (χ0n) is 14.7. The largest absolute Gasteiger partial charge is 0.507 e. The van der Waals surface area contributed by atoms with Gasteiger partial charge in [0.15, 0.2) is 0 Å². The summed E-state index contributed by atoms with van der Waals surface area (Å²) in [5.74, 6) is -0.886. The Labute approximate surface area is 155 Å². The zero-order valence-corrected chi connectivity index (χ0v) is 14.7. The van der Waals surface area contributed by atoms with Crippen molar-refractivity contribution in [1.82, 2.24) is 4.90 Å². The van der Waals surface area contributed by atoms with Crippen molar-refractivity contribution in [2.24, 2.45) is 5.41 Å². The second-order valence-corrected chi connectivity index (χ2v) is 6.91. The molecular weight excluding hydrogens is 350 g/mol. The maximum Gasteiger partial charge on any atom is 0.315 e. The highest BCUT2D eigenvalue weighted by molar-refractivity contribution is 5.98. The molecule has 0 spiro atoms. The molecule has 1 fully saturated rings. The number of amides is 1. The van der Waals surface area contributed by atoms with Gasteiger partial charge in [0.1, 0.15) is 29.3 Å². The zero-order chi connectivity index (χ0) is 19.2. The second kappa shape index (κ2) is 6.19. The summed E-state index contributed by atoms with van der Waals surface area (Å²) in [5, 5.41) is 20.1. The number of aliphatic carboxylic acids is 1. The third-order valence-corrected chi connectivity index (χ3v) is 5.47. The molecule has 2 heterocycles. The summed E-state index contributed by atoms with van der Waals surface area (Å²) in [5.41, 5.74) is -0.295. The van der Waals surface area contributed by atoms with Gasteiger partial charge in [-0.2, -0.15) is 0 Å². The molecular formula is C20H19NO6. The topological polar surface area (TPSA) is 96.3 Å². The maximum absolute atomic E-state index is 13.0. The number of carbonyl (C=O) groups is 2. The summed E-state index contributed by atoms with van der Waals surface area (Å²) in [6.45, 7) is 0.269. The molecule has 2 aromatic carbocycles. The summed E-state index contributed by atoms with van der Waals surface area (Å²) >= 11 is 0. The van der Waals surface area contributed by atoms with E-state index in [4.69, 9.17) is 9.47 Å². The Morgan fingerprint density at radius 2 is 2.04 bits per heavy atom. The van der Waals surface area contributed by atoms with Gasteiger partial charge in [-0.3, -0.25) is 9.59 Å². The van der Waals surface area contributed by atoms with E-state index in [9.17, 15) is 19.8 Å². The van der Waals surface area contributed by atoms with E-state index in [1.54, 1.807) is 12.1 Å². The van der Waals surface area contributed by atoms with Crippen molar-refractivity contribution in [3.05, 3.63) is 53.6 Å². The first-order chi connectivity index (χ1) is 13.0. The number of aromatic hydroxyl groups is 1.